The summed E-state index contributed by atoms with van der Waals surface area (Å²) < 4.78 is 11.0. The fraction of sp³-hybridized carbons (Fsp3) is 0. The van der Waals surface area contributed by atoms with Crippen LogP contribution in [0.25, 0.3) is 99.6 Å². The molecule has 0 aliphatic rings. The number of benzene rings is 7. The van der Waals surface area contributed by atoms with Crippen molar-refractivity contribution in [1.82, 2.24) is 19.1 Å². The number of aromatic nitrogens is 4. The molecule has 238 valence electrons. The molecule has 4 aromatic heterocycles. The van der Waals surface area contributed by atoms with Crippen LogP contribution in [0.5, 0.6) is 0 Å². The maximum absolute atomic E-state index is 6.35. The molecule has 0 spiro atoms. The van der Waals surface area contributed by atoms with Gasteiger partial charge in [-0.2, -0.15) is 0 Å². The van der Waals surface area contributed by atoms with Gasteiger partial charge in [-0.25, -0.2) is 9.97 Å². The molecule has 0 aliphatic heterocycles. The van der Waals surface area contributed by atoms with Gasteiger partial charge in [0, 0.05) is 38.2 Å². The normalized spacial score (nSPS) is 11.9. The zero-order chi connectivity index (χ0) is 33.5. The van der Waals surface area contributed by atoms with Gasteiger partial charge in [-0.3, -0.25) is 0 Å². The first kappa shape index (κ1) is 27.9. The quantitative estimate of drug-likeness (QED) is 0.190. The second-order valence-corrected chi connectivity index (χ2v) is 13.0. The van der Waals surface area contributed by atoms with Gasteiger partial charge in [-0.1, -0.05) is 109 Å². The molecule has 0 atom stereocenters. The maximum atomic E-state index is 6.35. The Morgan fingerprint density at radius 2 is 1.06 bits per heavy atom. The Morgan fingerprint density at radius 3 is 1.80 bits per heavy atom. The molecule has 0 unspecified atom stereocenters. The number of rotatable bonds is 4. The average molecular weight is 653 g/mol. The van der Waals surface area contributed by atoms with Gasteiger partial charge >= 0.3 is 0 Å². The zero-order valence-corrected chi connectivity index (χ0v) is 27.4. The molecule has 51 heavy (non-hydrogen) atoms. The van der Waals surface area contributed by atoms with Crippen molar-refractivity contribution in [3.05, 3.63) is 170 Å². The standard InChI is InChI=1S/C46H28N4O/c1-2-12-29(13-3-1)30-22-24-35-34-16-4-8-18-38(34)49(42(35)26-30)31-23-25-43-37(27-31)45-44(51-43)28-47-46(48-45)36-17-7-11-21-41(36)50-39-19-9-5-14-32(39)33-15-6-10-20-40(33)50/h1-28H. The van der Waals surface area contributed by atoms with E-state index in [9.17, 15) is 0 Å². The lowest BCUT2D eigenvalue weighted by Gasteiger charge is -2.13. The zero-order valence-electron chi connectivity index (χ0n) is 27.4. The second-order valence-electron chi connectivity index (χ2n) is 13.0. The van der Waals surface area contributed by atoms with Gasteiger partial charge in [0.15, 0.2) is 11.4 Å². The molecule has 5 nitrogen and oxygen atoms in total. The summed E-state index contributed by atoms with van der Waals surface area (Å²) in [6, 6.07) is 57.9. The van der Waals surface area contributed by atoms with Gasteiger partial charge in [-0.05, 0) is 65.7 Å². The van der Waals surface area contributed by atoms with Gasteiger partial charge < -0.3 is 13.6 Å². The van der Waals surface area contributed by atoms with Gasteiger partial charge in [0.05, 0.1) is 34.0 Å². The average Bonchev–Trinajstić information content (AvgIpc) is 3.85. The van der Waals surface area contributed by atoms with Crippen molar-refractivity contribution in [2.24, 2.45) is 0 Å². The Kier molecular flexibility index (Phi) is 5.89. The Morgan fingerprint density at radius 1 is 0.431 bits per heavy atom. The number of nitrogens with zero attached hydrogens (tertiary/aromatic N) is 4. The van der Waals surface area contributed by atoms with Crippen molar-refractivity contribution in [1.29, 1.82) is 0 Å². The summed E-state index contributed by atoms with van der Waals surface area (Å²) in [4.78, 5) is 10.1. The van der Waals surface area contributed by atoms with Crippen molar-refractivity contribution in [3.63, 3.8) is 0 Å². The van der Waals surface area contributed by atoms with Crippen LogP contribution in [-0.2, 0) is 0 Å². The van der Waals surface area contributed by atoms with E-state index in [4.69, 9.17) is 14.4 Å². The minimum Gasteiger partial charge on any atom is -0.453 e. The van der Waals surface area contributed by atoms with Crippen LogP contribution >= 0.6 is 0 Å². The Bertz CT molecular complexity index is 3090. The van der Waals surface area contributed by atoms with Crippen molar-refractivity contribution >= 4 is 65.7 Å². The molecule has 5 heteroatoms. The molecule has 11 aromatic rings. The van der Waals surface area contributed by atoms with Crippen molar-refractivity contribution in [3.8, 4) is 33.9 Å². The topological polar surface area (TPSA) is 48.8 Å². The summed E-state index contributed by atoms with van der Waals surface area (Å²) in [7, 11) is 0. The third-order valence-corrected chi connectivity index (χ3v) is 10.2. The molecular formula is C46H28N4O. The SMILES string of the molecule is c1ccc(-c2ccc3c4ccccc4n(-c4ccc5oc6cnc(-c7ccccc7-n7c8ccccc8c8ccccc87)nc6c5c4)c3c2)cc1. The lowest BCUT2D eigenvalue weighted by molar-refractivity contribution is 0.666. The minimum absolute atomic E-state index is 0.650. The fourth-order valence-corrected chi connectivity index (χ4v) is 7.92. The Balaban J connectivity index is 1.12. The van der Waals surface area contributed by atoms with Crippen molar-refractivity contribution in [2.75, 3.05) is 0 Å². The largest absolute Gasteiger partial charge is 0.453 e. The monoisotopic (exact) mass is 652 g/mol. The number of para-hydroxylation sites is 4. The first-order valence-electron chi connectivity index (χ1n) is 17.2. The smallest absolute Gasteiger partial charge is 0.172 e. The maximum Gasteiger partial charge on any atom is 0.172 e. The van der Waals surface area contributed by atoms with Crippen molar-refractivity contribution in [2.45, 2.75) is 0 Å². The highest BCUT2D eigenvalue weighted by atomic mass is 16.3. The molecule has 0 bridgehead atoms. The van der Waals surface area contributed by atoms with E-state index in [0.29, 0.717) is 11.4 Å². The summed E-state index contributed by atoms with van der Waals surface area (Å²) in [6.07, 6.45) is 1.81. The van der Waals surface area contributed by atoms with Crippen LogP contribution in [-0.4, -0.2) is 19.1 Å². The van der Waals surface area contributed by atoms with E-state index in [0.717, 1.165) is 55.5 Å². The van der Waals surface area contributed by atoms with Gasteiger partial charge in [0.25, 0.3) is 0 Å². The van der Waals surface area contributed by atoms with E-state index in [-0.39, 0.29) is 0 Å². The molecule has 0 N–H and O–H groups in total. The van der Waals surface area contributed by atoms with Crippen molar-refractivity contribution < 1.29 is 4.42 Å². The highest BCUT2D eigenvalue weighted by Crippen LogP contribution is 2.39. The lowest BCUT2D eigenvalue weighted by Crippen LogP contribution is -1.99. The van der Waals surface area contributed by atoms with E-state index >= 15 is 0 Å². The molecule has 7 aromatic carbocycles. The number of fused-ring (bicyclic) bond motifs is 9. The highest BCUT2D eigenvalue weighted by Gasteiger charge is 2.19. The van der Waals surface area contributed by atoms with Crippen LogP contribution in [0.4, 0.5) is 0 Å². The van der Waals surface area contributed by atoms with Crippen LogP contribution in [0.3, 0.4) is 0 Å². The Hall–Kier alpha value is -6.98. The summed E-state index contributed by atoms with van der Waals surface area (Å²) in [5.74, 6) is 0.650. The van der Waals surface area contributed by atoms with E-state index in [1.54, 1.807) is 0 Å². The van der Waals surface area contributed by atoms with Gasteiger partial charge in [0.1, 0.15) is 11.1 Å². The summed E-state index contributed by atoms with van der Waals surface area (Å²) in [6.45, 7) is 0. The minimum atomic E-state index is 0.650. The van der Waals surface area contributed by atoms with Crippen LogP contribution in [0.15, 0.2) is 174 Å². The Labute approximate surface area is 292 Å². The predicted octanol–water partition coefficient (Wildman–Crippen LogP) is 11.9. The number of hydrogen-bond acceptors (Lipinski definition) is 3. The fourth-order valence-electron chi connectivity index (χ4n) is 7.92. The number of furan rings is 1. The van der Waals surface area contributed by atoms with Gasteiger partial charge in [-0.15, -0.1) is 0 Å². The molecule has 11 rings (SSSR count). The van der Waals surface area contributed by atoms with E-state index in [1.165, 1.54) is 32.7 Å². The molecule has 4 heterocycles. The third-order valence-electron chi connectivity index (χ3n) is 10.2. The summed E-state index contributed by atoms with van der Waals surface area (Å²) in [5, 5.41) is 5.82. The first-order valence-corrected chi connectivity index (χ1v) is 17.2. The lowest BCUT2D eigenvalue weighted by atomic mass is 10.0. The van der Waals surface area contributed by atoms with E-state index < -0.39 is 0 Å². The first-order chi connectivity index (χ1) is 25.3. The molecule has 0 saturated carbocycles. The molecule has 0 aliphatic carbocycles. The van der Waals surface area contributed by atoms with E-state index in [1.807, 2.05) is 6.20 Å². The molecular weight excluding hydrogens is 625 g/mol. The van der Waals surface area contributed by atoms with Crippen LogP contribution in [0.2, 0.25) is 0 Å². The summed E-state index contributed by atoms with van der Waals surface area (Å²) >= 11 is 0. The predicted molar refractivity (Wildman–Crippen MR) is 209 cm³/mol. The summed E-state index contributed by atoms with van der Waals surface area (Å²) in [5.41, 5.74) is 12.2. The van der Waals surface area contributed by atoms with Crippen LogP contribution in [0, 0.1) is 0 Å². The molecule has 0 saturated heterocycles. The highest BCUT2D eigenvalue weighted by molar-refractivity contribution is 6.12. The molecule has 0 radical (unpaired) electrons. The van der Waals surface area contributed by atoms with Crippen LogP contribution in [0.1, 0.15) is 0 Å². The van der Waals surface area contributed by atoms with Crippen LogP contribution < -0.4 is 0 Å². The number of hydrogen-bond donors (Lipinski definition) is 0. The molecule has 0 amide bonds. The molecule has 0 fully saturated rings. The third kappa shape index (κ3) is 4.15. The van der Waals surface area contributed by atoms with Gasteiger partial charge in [0.2, 0.25) is 0 Å². The second kappa shape index (κ2) is 10.8. The van der Waals surface area contributed by atoms with E-state index in [2.05, 4.69) is 173 Å².